The van der Waals surface area contributed by atoms with Gasteiger partial charge in [0.05, 0.1) is 18.7 Å². The minimum absolute atomic E-state index is 0.102. The summed E-state index contributed by atoms with van der Waals surface area (Å²) in [5.74, 6) is -0.503. The van der Waals surface area contributed by atoms with Crippen molar-refractivity contribution in [2.24, 2.45) is 10.9 Å². The van der Waals surface area contributed by atoms with Crippen molar-refractivity contribution in [3.05, 3.63) is 50.9 Å². The van der Waals surface area contributed by atoms with Gasteiger partial charge in [0.1, 0.15) is 11.0 Å². The van der Waals surface area contributed by atoms with E-state index in [9.17, 15) is 9.59 Å². The van der Waals surface area contributed by atoms with E-state index in [1.54, 1.807) is 6.07 Å². The number of carbonyl (C=O) groups is 2. The molecule has 1 N–H and O–H groups in total. The van der Waals surface area contributed by atoms with Crippen molar-refractivity contribution < 1.29 is 14.3 Å². The SMILES string of the molecule is Cc1sc2c(c1C)C(c1cccc(Cl)c1)=N[C@@H](CC(=O)OCC(C)C)C(=O)N2. The van der Waals surface area contributed by atoms with Crippen molar-refractivity contribution >= 4 is 45.5 Å². The maximum atomic E-state index is 12.8. The number of esters is 1. The molecular weight excluding hydrogens is 396 g/mol. The largest absolute Gasteiger partial charge is 0.465 e. The highest BCUT2D eigenvalue weighted by Crippen LogP contribution is 2.37. The number of nitrogens with one attached hydrogen (secondary N) is 1. The van der Waals surface area contributed by atoms with Gasteiger partial charge in [0, 0.05) is 21.0 Å². The van der Waals surface area contributed by atoms with Crippen LogP contribution < -0.4 is 5.32 Å². The van der Waals surface area contributed by atoms with Gasteiger partial charge in [-0.1, -0.05) is 37.6 Å². The van der Waals surface area contributed by atoms with E-state index in [4.69, 9.17) is 21.3 Å². The van der Waals surface area contributed by atoms with Gasteiger partial charge in [-0.05, 0) is 37.5 Å². The minimum Gasteiger partial charge on any atom is -0.465 e. The Balaban J connectivity index is 2.02. The molecule has 1 aromatic heterocycles. The number of anilines is 1. The average molecular weight is 419 g/mol. The van der Waals surface area contributed by atoms with E-state index in [2.05, 4.69) is 5.32 Å². The van der Waals surface area contributed by atoms with Crippen LogP contribution in [0.2, 0.25) is 5.02 Å². The van der Waals surface area contributed by atoms with Crippen molar-refractivity contribution in [2.75, 3.05) is 11.9 Å². The molecule has 1 aromatic carbocycles. The zero-order chi connectivity index (χ0) is 20.4. The summed E-state index contributed by atoms with van der Waals surface area (Å²) >= 11 is 7.70. The van der Waals surface area contributed by atoms with E-state index in [1.165, 1.54) is 11.3 Å². The summed E-state index contributed by atoms with van der Waals surface area (Å²) in [4.78, 5) is 30.8. The molecule has 1 aliphatic rings. The van der Waals surface area contributed by atoms with Gasteiger partial charge in [0.2, 0.25) is 5.91 Å². The maximum absolute atomic E-state index is 12.8. The zero-order valence-corrected chi connectivity index (χ0v) is 17.9. The predicted molar refractivity (Wildman–Crippen MR) is 114 cm³/mol. The minimum atomic E-state index is -0.854. The third kappa shape index (κ3) is 4.45. The summed E-state index contributed by atoms with van der Waals surface area (Å²) < 4.78 is 5.25. The molecule has 1 aliphatic heterocycles. The number of aryl methyl sites for hydroxylation is 1. The molecule has 1 amide bonds. The summed E-state index contributed by atoms with van der Waals surface area (Å²) in [7, 11) is 0. The first-order valence-electron chi connectivity index (χ1n) is 9.16. The van der Waals surface area contributed by atoms with Crippen molar-refractivity contribution in [1.29, 1.82) is 0 Å². The molecular formula is C21H23ClN2O3S. The molecule has 148 valence electrons. The molecule has 0 saturated heterocycles. The lowest BCUT2D eigenvalue weighted by atomic mass is 10.00. The van der Waals surface area contributed by atoms with Gasteiger partial charge in [0.25, 0.3) is 0 Å². The molecule has 0 fully saturated rings. The van der Waals surface area contributed by atoms with Crippen LogP contribution in [-0.4, -0.2) is 30.2 Å². The maximum Gasteiger partial charge on any atom is 0.308 e. The Morgan fingerprint density at radius 3 is 2.79 bits per heavy atom. The number of rotatable bonds is 5. The lowest BCUT2D eigenvalue weighted by molar-refractivity contribution is -0.146. The highest BCUT2D eigenvalue weighted by Gasteiger charge is 2.31. The molecule has 0 spiro atoms. The molecule has 0 unspecified atom stereocenters. The standard InChI is InChI=1S/C21H23ClN2O3S/c1-11(2)10-27-17(25)9-16-20(26)24-21-18(12(3)13(4)28-21)19(23-16)14-6-5-7-15(22)8-14/h5-8,11,16H,9-10H2,1-4H3,(H,24,26)/t16-/m0/s1. The zero-order valence-electron chi connectivity index (χ0n) is 16.3. The third-order valence-corrected chi connectivity index (χ3v) is 5.84. The number of ether oxygens (including phenoxy) is 1. The van der Waals surface area contributed by atoms with Gasteiger partial charge < -0.3 is 10.1 Å². The second-order valence-electron chi connectivity index (χ2n) is 7.26. The van der Waals surface area contributed by atoms with Crippen molar-refractivity contribution in [3.8, 4) is 0 Å². The van der Waals surface area contributed by atoms with Gasteiger partial charge in [-0.25, -0.2) is 0 Å². The fourth-order valence-corrected chi connectivity index (χ4v) is 4.20. The Morgan fingerprint density at radius 2 is 2.11 bits per heavy atom. The van der Waals surface area contributed by atoms with E-state index in [-0.39, 0.29) is 18.2 Å². The monoisotopic (exact) mass is 418 g/mol. The molecule has 2 aromatic rings. The number of aliphatic imine (C=N–C) groups is 1. The molecule has 7 heteroatoms. The summed E-state index contributed by atoms with van der Waals surface area (Å²) in [6.07, 6.45) is -0.102. The lowest BCUT2D eigenvalue weighted by Crippen LogP contribution is -2.29. The number of amides is 1. The summed E-state index contributed by atoms with van der Waals surface area (Å²) in [5.41, 5.74) is 3.42. The van der Waals surface area contributed by atoms with E-state index in [0.29, 0.717) is 17.3 Å². The van der Waals surface area contributed by atoms with Crippen LogP contribution in [0.3, 0.4) is 0 Å². The number of halogens is 1. The fraction of sp³-hybridized carbons (Fsp3) is 0.381. The first-order valence-corrected chi connectivity index (χ1v) is 10.4. The third-order valence-electron chi connectivity index (χ3n) is 4.48. The second-order valence-corrected chi connectivity index (χ2v) is 8.92. The van der Waals surface area contributed by atoms with Crippen LogP contribution in [0.25, 0.3) is 0 Å². The smallest absolute Gasteiger partial charge is 0.308 e. The highest BCUT2D eigenvalue weighted by molar-refractivity contribution is 7.17. The molecule has 3 rings (SSSR count). The predicted octanol–water partition coefficient (Wildman–Crippen LogP) is 4.77. The number of thiophene rings is 1. The molecule has 5 nitrogen and oxygen atoms in total. The van der Waals surface area contributed by atoms with E-state index >= 15 is 0 Å². The lowest BCUT2D eigenvalue weighted by Gasteiger charge is -2.12. The van der Waals surface area contributed by atoms with Crippen molar-refractivity contribution in [1.82, 2.24) is 0 Å². The Hall–Kier alpha value is -2.18. The normalized spacial score (nSPS) is 16.3. The van der Waals surface area contributed by atoms with Gasteiger partial charge >= 0.3 is 5.97 Å². The van der Waals surface area contributed by atoms with Crippen LogP contribution in [0.15, 0.2) is 29.3 Å². The van der Waals surface area contributed by atoms with Gasteiger partial charge in [0.15, 0.2) is 0 Å². The van der Waals surface area contributed by atoms with Crippen LogP contribution >= 0.6 is 22.9 Å². The van der Waals surface area contributed by atoms with Crippen molar-refractivity contribution in [2.45, 2.75) is 40.2 Å². The van der Waals surface area contributed by atoms with E-state index in [0.717, 1.165) is 26.6 Å². The molecule has 1 atom stereocenters. The van der Waals surface area contributed by atoms with Gasteiger partial charge in [-0.15, -0.1) is 11.3 Å². The summed E-state index contributed by atoms with van der Waals surface area (Å²) in [6, 6.07) is 6.51. The Kier molecular flexibility index (Phi) is 6.20. The van der Waals surface area contributed by atoms with Gasteiger partial charge in [-0.3, -0.25) is 14.6 Å². The van der Waals surface area contributed by atoms with Crippen LogP contribution in [0.4, 0.5) is 5.00 Å². The van der Waals surface area contributed by atoms with E-state index < -0.39 is 12.0 Å². The molecule has 0 bridgehead atoms. The van der Waals surface area contributed by atoms with Crippen LogP contribution in [0.1, 0.15) is 41.8 Å². The summed E-state index contributed by atoms with van der Waals surface area (Å²) in [5, 5.41) is 4.28. The summed E-state index contributed by atoms with van der Waals surface area (Å²) in [6.45, 7) is 8.27. The first-order chi connectivity index (χ1) is 13.3. The number of nitrogens with zero attached hydrogens (tertiary/aromatic N) is 1. The number of carbonyl (C=O) groups excluding carboxylic acids is 2. The molecule has 0 aliphatic carbocycles. The van der Waals surface area contributed by atoms with Crippen LogP contribution in [0.5, 0.6) is 0 Å². The molecule has 2 heterocycles. The Bertz CT molecular complexity index is 949. The molecule has 0 saturated carbocycles. The average Bonchev–Trinajstić information content (AvgIpc) is 2.82. The van der Waals surface area contributed by atoms with Crippen LogP contribution in [0, 0.1) is 19.8 Å². The Morgan fingerprint density at radius 1 is 1.36 bits per heavy atom. The fourth-order valence-electron chi connectivity index (χ4n) is 2.94. The molecule has 28 heavy (non-hydrogen) atoms. The second kappa shape index (κ2) is 8.45. The number of hydrogen-bond donors (Lipinski definition) is 1. The topological polar surface area (TPSA) is 67.8 Å². The highest BCUT2D eigenvalue weighted by atomic mass is 35.5. The van der Waals surface area contributed by atoms with Crippen LogP contribution in [-0.2, 0) is 14.3 Å². The Labute approximate surface area is 173 Å². The number of benzene rings is 1. The number of hydrogen-bond acceptors (Lipinski definition) is 5. The number of fused-ring (bicyclic) bond motifs is 1. The van der Waals surface area contributed by atoms with E-state index in [1.807, 2.05) is 45.9 Å². The first kappa shape index (κ1) is 20.6. The quantitative estimate of drug-likeness (QED) is 0.711. The van der Waals surface area contributed by atoms with Crippen molar-refractivity contribution in [3.63, 3.8) is 0 Å². The molecule has 0 radical (unpaired) electrons. The van der Waals surface area contributed by atoms with Gasteiger partial charge in [-0.2, -0.15) is 0 Å².